The zero-order chi connectivity index (χ0) is 14.1. The molecule has 0 aliphatic heterocycles. The zero-order valence-electron chi connectivity index (χ0n) is 11.1. The van der Waals surface area contributed by atoms with E-state index in [9.17, 15) is 0 Å². The monoisotopic (exact) mass is 304 g/mol. The number of halogens is 2. The molecule has 0 saturated heterocycles. The minimum Gasteiger partial charge on any atom is -0.295 e. The van der Waals surface area contributed by atoms with Gasteiger partial charge in [-0.2, -0.15) is 0 Å². The third-order valence-corrected chi connectivity index (χ3v) is 3.77. The summed E-state index contributed by atoms with van der Waals surface area (Å²) in [7, 11) is 0. The molecule has 0 unspecified atom stereocenters. The Hall–Kier alpha value is -1.51. The molecular weight excluding hydrogens is 291 g/mol. The van der Waals surface area contributed by atoms with Crippen LogP contribution in [0.3, 0.4) is 0 Å². The van der Waals surface area contributed by atoms with Crippen molar-refractivity contribution in [2.75, 3.05) is 5.88 Å². The van der Waals surface area contributed by atoms with Gasteiger partial charge in [-0.1, -0.05) is 29.8 Å². The molecule has 3 aromatic rings. The quantitative estimate of drug-likeness (QED) is 0.637. The molecule has 2 nitrogen and oxygen atoms in total. The molecule has 4 heteroatoms. The lowest BCUT2D eigenvalue weighted by atomic mass is 10.2. The minimum atomic E-state index is 0.534. The first-order chi connectivity index (χ1) is 9.70. The van der Waals surface area contributed by atoms with Crippen molar-refractivity contribution in [2.24, 2.45) is 0 Å². The van der Waals surface area contributed by atoms with E-state index in [4.69, 9.17) is 23.2 Å². The average Bonchev–Trinajstić information content (AvgIpc) is 2.79. The van der Waals surface area contributed by atoms with Gasteiger partial charge in [0.05, 0.1) is 16.1 Å². The molecular formula is C16H14Cl2N2. The van der Waals surface area contributed by atoms with Crippen LogP contribution in [0, 0.1) is 6.92 Å². The van der Waals surface area contributed by atoms with E-state index in [0.717, 1.165) is 22.5 Å². The van der Waals surface area contributed by atoms with Crippen LogP contribution in [0.15, 0.2) is 42.5 Å². The Kier molecular flexibility index (Phi) is 3.68. The molecule has 0 N–H and O–H groups in total. The molecule has 0 spiro atoms. The van der Waals surface area contributed by atoms with Crippen molar-refractivity contribution in [3.63, 3.8) is 0 Å². The maximum Gasteiger partial charge on any atom is 0.115 e. The summed E-state index contributed by atoms with van der Waals surface area (Å²) in [5.74, 6) is 1.47. The number of aromatic nitrogens is 2. The van der Waals surface area contributed by atoms with Crippen molar-refractivity contribution < 1.29 is 0 Å². The molecule has 0 amide bonds. The summed E-state index contributed by atoms with van der Waals surface area (Å²) in [6.07, 6.45) is 0.709. The molecule has 3 rings (SSSR count). The number of hydrogen-bond donors (Lipinski definition) is 0. The maximum atomic E-state index is 6.37. The Bertz CT molecular complexity index is 762. The molecule has 0 radical (unpaired) electrons. The third kappa shape index (κ3) is 2.30. The van der Waals surface area contributed by atoms with Crippen LogP contribution in [0.2, 0.25) is 5.02 Å². The molecule has 1 aromatic heterocycles. The van der Waals surface area contributed by atoms with Crippen LogP contribution in [0.4, 0.5) is 0 Å². The van der Waals surface area contributed by atoms with Gasteiger partial charge < -0.3 is 0 Å². The number of fused-ring (bicyclic) bond motifs is 1. The van der Waals surface area contributed by atoms with Crippen molar-refractivity contribution in [3.05, 3.63) is 58.9 Å². The van der Waals surface area contributed by atoms with E-state index in [0.29, 0.717) is 17.3 Å². The van der Waals surface area contributed by atoms with Gasteiger partial charge in [0.2, 0.25) is 0 Å². The molecule has 20 heavy (non-hydrogen) atoms. The number of imidazole rings is 1. The fourth-order valence-corrected chi connectivity index (χ4v) is 2.85. The Labute approximate surface area is 128 Å². The van der Waals surface area contributed by atoms with Gasteiger partial charge >= 0.3 is 0 Å². The third-order valence-electron chi connectivity index (χ3n) is 3.27. The SMILES string of the molecule is Cc1cccc(-n2c(CCCl)nc3cccc(Cl)c32)c1. The second-order valence-electron chi connectivity index (χ2n) is 4.75. The molecule has 0 fully saturated rings. The highest BCUT2D eigenvalue weighted by Crippen LogP contribution is 2.28. The number of hydrogen-bond acceptors (Lipinski definition) is 1. The van der Waals surface area contributed by atoms with Gasteiger partial charge in [0, 0.05) is 18.0 Å². The number of rotatable bonds is 3. The average molecular weight is 305 g/mol. The molecule has 2 aromatic carbocycles. The largest absolute Gasteiger partial charge is 0.295 e. The smallest absolute Gasteiger partial charge is 0.115 e. The van der Waals surface area contributed by atoms with Crippen LogP contribution in [0.1, 0.15) is 11.4 Å². The lowest BCUT2D eigenvalue weighted by molar-refractivity contribution is 0.911. The summed E-state index contributed by atoms with van der Waals surface area (Å²) in [6, 6.07) is 14.1. The molecule has 0 atom stereocenters. The molecule has 0 aliphatic rings. The molecule has 0 aliphatic carbocycles. The standard InChI is InChI=1S/C16H14Cl2N2/c1-11-4-2-5-12(10-11)20-15(8-9-17)19-14-7-3-6-13(18)16(14)20/h2-7,10H,8-9H2,1H3. The van der Waals surface area contributed by atoms with E-state index in [2.05, 4.69) is 34.7 Å². The highest BCUT2D eigenvalue weighted by molar-refractivity contribution is 6.35. The van der Waals surface area contributed by atoms with E-state index in [1.54, 1.807) is 0 Å². The summed E-state index contributed by atoms with van der Waals surface area (Å²) in [4.78, 5) is 4.66. The van der Waals surface area contributed by atoms with Gasteiger partial charge in [-0.15, -0.1) is 11.6 Å². The molecule has 1 heterocycles. The zero-order valence-corrected chi connectivity index (χ0v) is 12.6. The Morgan fingerprint density at radius 1 is 1.15 bits per heavy atom. The topological polar surface area (TPSA) is 17.8 Å². The fourth-order valence-electron chi connectivity index (χ4n) is 2.43. The van der Waals surface area contributed by atoms with Crippen LogP contribution in [-0.2, 0) is 6.42 Å². The van der Waals surface area contributed by atoms with Gasteiger partial charge in [-0.05, 0) is 36.8 Å². The number of nitrogens with zero attached hydrogens (tertiary/aromatic N) is 2. The fraction of sp³-hybridized carbons (Fsp3) is 0.188. The first kappa shape index (κ1) is 13.5. The van der Waals surface area contributed by atoms with Gasteiger partial charge in [-0.3, -0.25) is 4.57 Å². The van der Waals surface area contributed by atoms with Crippen molar-refractivity contribution in [3.8, 4) is 5.69 Å². The molecule has 102 valence electrons. The van der Waals surface area contributed by atoms with Gasteiger partial charge in [0.1, 0.15) is 5.82 Å². The minimum absolute atomic E-state index is 0.534. The second-order valence-corrected chi connectivity index (χ2v) is 5.53. The number of benzene rings is 2. The second kappa shape index (κ2) is 5.47. The van der Waals surface area contributed by atoms with E-state index < -0.39 is 0 Å². The summed E-state index contributed by atoms with van der Waals surface area (Å²) in [5, 5.41) is 0.706. The predicted molar refractivity (Wildman–Crippen MR) is 85.2 cm³/mol. The van der Waals surface area contributed by atoms with E-state index in [1.165, 1.54) is 5.56 Å². The van der Waals surface area contributed by atoms with Crippen LogP contribution < -0.4 is 0 Å². The van der Waals surface area contributed by atoms with Crippen molar-refractivity contribution in [2.45, 2.75) is 13.3 Å². The van der Waals surface area contributed by atoms with E-state index in [-0.39, 0.29) is 0 Å². The van der Waals surface area contributed by atoms with Crippen LogP contribution in [0.25, 0.3) is 16.7 Å². The van der Waals surface area contributed by atoms with Crippen molar-refractivity contribution >= 4 is 34.2 Å². The van der Waals surface area contributed by atoms with E-state index >= 15 is 0 Å². The lowest BCUT2D eigenvalue weighted by Crippen LogP contribution is -2.02. The van der Waals surface area contributed by atoms with Gasteiger partial charge in [0.25, 0.3) is 0 Å². The number of alkyl halides is 1. The summed E-state index contributed by atoms with van der Waals surface area (Å²) in [5.41, 5.74) is 4.12. The summed E-state index contributed by atoms with van der Waals surface area (Å²) < 4.78 is 2.10. The first-order valence-corrected chi connectivity index (χ1v) is 7.41. The van der Waals surface area contributed by atoms with Crippen LogP contribution in [0.5, 0.6) is 0 Å². The number of para-hydroxylation sites is 1. The van der Waals surface area contributed by atoms with Gasteiger partial charge in [0.15, 0.2) is 0 Å². The molecule has 0 bridgehead atoms. The Morgan fingerprint density at radius 3 is 2.70 bits per heavy atom. The highest BCUT2D eigenvalue weighted by Gasteiger charge is 2.14. The first-order valence-electron chi connectivity index (χ1n) is 6.49. The van der Waals surface area contributed by atoms with Crippen molar-refractivity contribution in [1.29, 1.82) is 0 Å². The van der Waals surface area contributed by atoms with Gasteiger partial charge in [-0.25, -0.2) is 4.98 Å². The van der Waals surface area contributed by atoms with Crippen molar-refractivity contribution in [1.82, 2.24) is 9.55 Å². The Balaban J connectivity index is 2.34. The van der Waals surface area contributed by atoms with Crippen LogP contribution >= 0.6 is 23.2 Å². The highest BCUT2D eigenvalue weighted by atomic mass is 35.5. The summed E-state index contributed by atoms with van der Waals surface area (Å²) in [6.45, 7) is 2.07. The Morgan fingerprint density at radius 2 is 1.95 bits per heavy atom. The van der Waals surface area contributed by atoms with E-state index in [1.807, 2.05) is 24.3 Å². The molecule has 0 saturated carbocycles. The lowest BCUT2D eigenvalue weighted by Gasteiger charge is -2.10. The van der Waals surface area contributed by atoms with Crippen LogP contribution in [-0.4, -0.2) is 15.4 Å². The summed E-state index contributed by atoms with van der Waals surface area (Å²) >= 11 is 12.3. The number of aryl methyl sites for hydroxylation is 2. The maximum absolute atomic E-state index is 6.37. The predicted octanol–water partition coefficient (Wildman–Crippen LogP) is 4.77. The normalized spacial score (nSPS) is 11.2.